The molecular formula is C27H30FN3O4S. The summed E-state index contributed by atoms with van der Waals surface area (Å²) in [6.07, 6.45) is 3.99. The van der Waals surface area contributed by atoms with E-state index in [1.165, 1.54) is 28.1 Å². The Morgan fingerprint density at radius 2 is 1.89 bits per heavy atom. The van der Waals surface area contributed by atoms with Crippen LogP contribution >= 0.6 is 0 Å². The van der Waals surface area contributed by atoms with Crippen molar-refractivity contribution in [3.8, 4) is 0 Å². The van der Waals surface area contributed by atoms with Gasteiger partial charge in [-0.2, -0.15) is 4.31 Å². The van der Waals surface area contributed by atoms with Crippen LogP contribution in [0.4, 0.5) is 10.1 Å². The molecule has 1 saturated heterocycles. The van der Waals surface area contributed by atoms with Crippen molar-refractivity contribution in [3.05, 3.63) is 76.9 Å². The highest BCUT2D eigenvalue weighted by molar-refractivity contribution is 7.89. The minimum Gasteiger partial charge on any atom is -0.355 e. The molecule has 0 saturated carbocycles. The van der Waals surface area contributed by atoms with Gasteiger partial charge in [0, 0.05) is 24.3 Å². The Labute approximate surface area is 211 Å². The smallest absolute Gasteiger partial charge is 0.248 e. The maximum Gasteiger partial charge on any atom is 0.248 e. The Hall–Kier alpha value is -3.30. The van der Waals surface area contributed by atoms with Gasteiger partial charge in [-0.3, -0.25) is 4.79 Å². The fraction of sp³-hybridized carbons (Fsp3) is 0.333. The predicted molar refractivity (Wildman–Crippen MR) is 137 cm³/mol. The van der Waals surface area contributed by atoms with Crippen molar-refractivity contribution in [1.29, 1.82) is 0 Å². The van der Waals surface area contributed by atoms with E-state index in [0.29, 0.717) is 30.0 Å². The molecule has 1 aliphatic heterocycles. The Morgan fingerprint density at radius 3 is 2.58 bits per heavy atom. The molecule has 0 bridgehead atoms. The molecule has 1 fully saturated rings. The van der Waals surface area contributed by atoms with Gasteiger partial charge < -0.3 is 9.84 Å². The van der Waals surface area contributed by atoms with Gasteiger partial charge in [-0.25, -0.2) is 12.8 Å². The Morgan fingerprint density at radius 1 is 1.17 bits per heavy atom. The number of anilines is 1. The highest BCUT2D eigenvalue weighted by Gasteiger charge is 2.37. The van der Waals surface area contributed by atoms with Crippen molar-refractivity contribution < 1.29 is 22.1 Å². The van der Waals surface area contributed by atoms with Crippen LogP contribution < -0.4 is 5.32 Å². The lowest BCUT2D eigenvalue weighted by molar-refractivity contribution is -0.120. The van der Waals surface area contributed by atoms with E-state index in [-0.39, 0.29) is 35.3 Å². The van der Waals surface area contributed by atoms with Gasteiger partial charge in [-0.15, -0.1) is 0 Å². The average molecular weight is 512 g/mol. The molecule has 1 aromatic heterocycles. The van der Waals surface area contributed by atoms with Crippen LogP contribution in [0.3, 0.4) is 0 Å². The van der Waals surface area contributed by atoms with Gasteiger partial charge in [0.1, 0.15) is 11.5 Å². The van der Waals surface area contributed by atoms with Crippen LogP contribution in [-0.2, 0) is 14.8 Å². The van der Waals surface area contributed by atoms with Crippen LogP contribution in [0, 0.1) is 18.7 Å². The zero-order valence-electron chi connectivity index (χ0n) is 20.6. The number of carbonyl (C=O) groups is 1. The van der Waals surface area contributed by atoms with Crippen molar-refractivity contribution in [2.45, 2.75) is 44.4 Å². The molecule has 7 nitrogen and oxygen atoms in total. The van der Waals surface area contributed by atoms with Gasteiger partial charge in [-0.1, -0.05) is 49.3 Å². The summed E-state index contributed by atoms with van der Waals surface area (Å²) >= 11 is 0. The number of benzene rings is 2. The molecule has 0 spiro atoms. The summed E-state index contributed by atoms with van der Waals surface area (Å²) in [5.74, 6) is -0.727. The first kappa shape index (κ1) is 25.8. The number of rotatable bonds is 7. The number of sulfonamides is 1. The van der Waals surface area contributed by atoms with E-state index in [0.717, 1.165) is 0 Å². The van der Waals surface area contributed by atoms with Gasteiger partial charge in [0.15, 0.2) is 10.7 Å². The lowest BCUT2D eigenvalue weighted by Crippen LogP contribution is -2.43. The largest absolute Gasteiger partial charge is 0.355 e. The zero-order chi connectivity index (χ0) is 25.9. The van der Waals surface area contributed by atoms with Crippen molar-refractivity contribution in [2.75, 3.05) is 18.4 Å². The molecule has 36 heavy (non-hydrogen) atoms. The second kappa shape index (κ2) is 10.8. The monoisotopic (exact) mass is 511 g/mol. The van der Waals surface area contributed by atoms with Crippen LogP contribution in [-0.4, -0.2) is 36.9 Å². The second-order valence-electron chi connectivity index (χ2n) is 9.28. The van der Waals surface area contributed by atoms with Crippen LogP contribution in [0.2, 0.25) is 0 Å². The van der Waals surface area contributed by atoms with Crippen molar-refractivity contribution in [2.24, 2.45) is 5.92 Å². The third-order valence-corrected chi connectivity index (χ3v) is 8.37. The Bertz CT molecular complexity index is 1360. The summed E-state index contributed by atoms with van der Waals surface area (Å²) in [6, 6.07) is 13.8. The second-order valence-corrected chi connectivity index (χ2v) is 11.2. The normalized spacial score (nSPS) is 17.1. The summed E-state index contributed by atoms with van der Waals surface area (Å²) in [5.41, 5.74) is 2.36. The minimum atomic E-state index is -4.00. The van der Waals surface area contributed by atoms with E-state index >= 15 is 0 Å². The number of hydrogen-bond acceptors (Lipinski definition) is 5. The molecule has 1 aliphatic rings. The van der Waals surface area contributed by atoms with Crippen molar-refractivity contribution >= 4 is 33.8 Å². The van der Waals surface area contributed by atoms with E-state index in [4.69, 9.17) is 4.52 Å². The molecule has 9 heteroatoms. The van der Waals surface area contributed by atoms with Crippen LogP contribution in [0.15, 0.2) is 57.9 Å². The molecule has 1 N–H and O–H groups in total. The van der Waals surface area contributed by atoms with Crippen LogP contribution in [0.5, 0.6) is 0 Å². The van der Waals surface area contributed by atoms with Gasteiger partial charge in [0.2, 0.25) is 15.9 Å². The van der Waals surface area contributed by atoms with E-state index in [9.17, 15) is 17.6 Å². The first-order valence-corrected chi connectivity index (χ1v) is 13.4. The number of carbonyl (C=O) groups excluding carboxylic acids is 1. The molecular weight excluding hydrogens is 481 g/mol. The number of aryl methyl sites for hydroxylation is 1. The maximum absolute atomic E-state index is 14.0. The topological polar surface area (TPSA) is 92.5 Å². The predicted octanol–water partition coefficient (Wildman–Crippen LogP) is 5.46. The fourth-order valence-corrected chi connectivity index (χ4v) is 6.05. The number of piperidine rings is 1. The number of aromatic nitrogens is 1. The first-order chi connectivity index (χ1) is 17.2. The van der Waals surface area contributed by atoms with Gasteiger partial charge in [0.25, 0.3) is 0 Å². The molecule has 190 valence electrons. The summed E-state index contributed by atoms with van der Waals surface area (Å²) in [7, 11) is -4.00. The molecule has 2 aromatic carbocycles. The molecule has 4 rings (SSSR count). The highest BCUT2D eigenvalue weighted by atomic mass is 32.2. The SMILES string of the molecule is Cc1noc(C=Cc2ccccc2F)c1S(=O)(=O)N1CCCC(C(=O)Nc2ccc(C(C)C)cc2)C1. The summed E-state index contributed by atoms with van der Waals surface area (Å²) in [5, 5.41) is 6.75. The van der Waals surface area contributed by atoms with Crippen LogP contribution in [0.1, 0.15) is 55.2 Å². The standard InChI is InChI=1S/C27H30FN3O4S/c1-18(2)20-10-13-23(14-11-20)29-27(32)22-8-6-16-31(17-22)36(33,34)26-19(3)30-35-25(26)15-12-21-7-4-5-9-24(21)28/h4-5,7,9-15,18,22H,6,8,16-17H2,1-3H3,(H,29,32). The summed E-state index contributed by atoms with van der Waals surface area (Å²) in [4.78, 5) is 12.9. The quantitative estimate of drug-likeness (QED) is 0.455. The molecule has 0 radical (unpaired) electrons. The highest BCUT2D eigenvalue weighted by Crippen LogP contribution is 2.30. The van der Waals surface area contributed by atoms with E-state index in [1.54, 1.807) is 25.1 Å². The average Bonchev–Trinajstić information content (AvgIpc) is 3.25. The van der Waals surface area contributed by atoms with E-state index < -0.39 is 21.8 Å². The first-order valence-electron chi connectivity index (χ1n) is 12.0. The lowest BCUT2D eigenvalue weighted by Gasteiger charge is -2.31. The third kappa shape index (κ3) is 5.57. The Balaban J connectivity index is 1.51. The zero-order valence-corrected chi connectivity index (χ0v) is 21.4. The molecule has 1 unspecified atom stereocenters. The molecule has 3 aromatic rings. The number of nitrogens with one attached hydrogen (secondary N) is 1. The molecule has 0 aliphatic carbocycles. The van der Waals surface area contributed by atoms with Crippen molar-refractivity contribution in [3.63, 3.8) is 0 Å². The maximum atomic E-state index is 14.0. The minimum absolute atomic E-state index is 0.0209. The van der Waals surface area contributed by atoms with E-state index in [1.807, 2.05) is 24.3 Å². The molecule has 1 atom stereocenters. The third-order valence-electron chi connectivity index (χ3n) is 6.35. The number of nitrogens with zero attached hydrogens (tertiary/aromatic N) is 2. The number of amides is 1. The van der Waals surface area contributed by atoms with Gasteiger partial charge in [0.05, 0.1) is 5.92 Å². The fourth-order valence-electron chi connectivity index (χ4n) is 4.27. The number of hydrogen-bond donors (Lipinski definition) is 1. The summed E-state index contributed by atoms with van der Waals surface area (Å²) < 4.78 is 47.7. The summed E-state index contributed by atoms with van der Waals surface area (Å²) in [6.45, 7) is 6.09. The number of halogens is 1. The molecule has 2 heterocycles. The lowest BCUT2D eigenvalue weighted by atomic mass is 9.98. The van der Waals surface area contributed by atoms with Crippen molar-refractivity contribution in [1.82, 2.24) is 9.46 Å². The Kier molecular flexibility index (Phi) is 7.70. The van der Waals surface area contributed by atoms with Crippen LogP contribution in [0.25, 0.3) is 12.2 Å². The van der Waals surface area contributed by atoms with Gasteiger partial charge >= 0.3 is 0 Å². The molecule has 1 amide bonds. The van der Waals surface area contributed by atoms with Gasteiger partial charge in [-0.05, 0) is 61.6 Å². The van der Waals surface area contributed by atoms with E-state index in [2.05, 4.69) is 24.3 Å².